The first-order valence-corrected chi connectivity index (χ1v) is 8.84. The Bertz CT molecular complexity index is 781. The van der Waals surface area contributed by atoms with E-state index in [1.165, 1.54) is 0 Å². The van der Waals surface area contributed by atoms with Gasteiger partial charge in [0.15, 0.2) is 5.13 Å². The van der Waals surface area contributed by atoms with Crippen LogP contribution in [0.3, 0.4) is 0 Å². The zero-order valence-electron chi connectivity index (χ0n) is 13.5. The number of aromatic nitrogens is 1. The molecule has 0 spiro atoms. The van der Waals surface area contributed by atoms with Crippen LogP contribution in [0, 0.1) is 10.1 Å². The monoisotopic (exact) mass is 397 g/mol. The van der Waals surface area contributed by atoms with Crippen molar-refractivity contribution in [3.05, 3.63) is 45.6 Å². The highest BCUT2D eigenvalue weighted by Gasteiger charge is 2.13. The molecule has 0 atom stereocenters. The van der Waals surface area contributed by atoms with Crippen molar-refractivity contribution in [2.45, 2.75) is 19.3 Å². The number of benzene rings is 1. The molecular weight excluding hydrogens is 382 g/mol. The van der Waals surface area contributed by atoms with E-state index in [-0.39, 0.29) is 28.5 Å². The largest absolute Gasteiger partial charge is 0.345 e. The summed E-state index contributed by atoms with van der Waals surface area (Å²) in [4.78, 5) is 37.2. The highest BCUT2D eigenvalue weighted by atomic mass is 35.5. The van der Waals surface area contributed by atoms with Crippen LogP contribution in [0.5, 0.6) is 0 Å². The first-order valence-electron chi connectivity index (χ1n) is 7.64. The van der Waals surface area contributed by atoms with Crippen LogP contribution in [0.1, 0.15) is 19.3 Å². The standard InChI is InChI=1S/C15H16ClN5O4S/c16-10-4-6-11(7-5-10)19-14(23)17-8-2-1-3-12(22)20-15-18-9-13(26-15)21(24)25/h4-7,9H,1-3,8H2,(H2,17,19,23)(H,18,20,22). The van der Waals surface area contributed by atoms with Gasteiger partial charge in [0.05, 0.1) is 4.92 Å². The minimum atomic E-state index is -0.561. The molecule has 0 saturated carbocycles. The predicted molar refractivity (Wildman–Crippen MR) is 99.7 cm³/mol. The van der Waals surface area contributed by atoms with Gasteiger partial charge in [0.25, 0.3) is 0 Å². The Morgan fingerprint density at radius 1 is 1.19 bits per heavy atom. The molecule has 138 valence electrons. The van der Waals surface area contributed by atoms with Crippen molar-refractivity contribution in [2.75, 3.05) is 17.2 Å². The summed E-state index contributed by atoms with van der Waals surface area (Å²) in [7, 11) is 0. The molecule has 1 heterocycles. The van der Waals surface area contributed by atoms with E-state index in [9.17, 15) is 19.7 Å². The number of nitrogens with one attached hydrogen (secondary N) is 3. The lowest BCUT2D eigenvalue weighted by Gasteiger charge is -2.07. The molecule has 3 N–H and O–H groups in total. The topological polar surface area (TPSA) is 126 Å². The molecule has 0 saturated heterocycles. The molecule has 3 amide bonds. The molecule has 0 radical (unpaired) electrons. The number of halogens is 1. The maximum Gasteiger partial charge on any atom is 0.345 e. The Morgan fingerprint density at radius 2 is 1.92 bits per heavy atom. The summed E-state index contributed by atoms with van der Waals surface area (Å²) in [5.74, 6) is -0.278. The zero-order chi connectivity index (χ0) is 18.9. The van der Waals surface area contributed by atoms with E-state index in [1.807, 2.05) is 0 Å². The number of nitrogens with zero attached hydrogens (tertiary/aromatic N) is 2. The molecule has 0 unspecified atom stereocenters. The number of rotatable bonds is 8. The van der Waals surface area contributed by atoms with Gasteiger partial charge in [-0.25, -0.2) is 9.78 Å². The number of carbonyl (C=O) groups excluding carboxylic acids is 2. The van der Waals surface area contributed by atoms with Crippen molar-refractivity contribution in [1.29, 1.82) is 0 Å². The van der Waals surface area contributed by atoms with Gasteiger partial charge in [-0.15, -0.1) is 0 Å². The van der Waals surface area contributed by atoms with Crippen molar-refractivity contribution in [3.63, 3.8) is 0 Å². The van der Waals surface area contributed by atoms with Gasteiger partial charge in [-0.3, -0.25) is 14.9 Å². The number of hydrogen-bond donors (Lipinski definition) is 3. The smallest absolute Gasteiger partial charge is 0.338 e. The molecule has 0 aliphatic rings. The second-order valence-electron chi connectivity index (χ2n) is 5.15. The number of thiazole rings is 1. The molecule has 2 aromatic rings. The summed E-state index contributed by atoms with van der Waals surface area (Å²) in [6.07, 6.45) is 2.50. The Morgan fingerprint density at radius 3 is 2.58 bits per heavy atom. The van der Waals surface area contributed by atoms with Crippen LogP contribution in [0.2, 0.25) is 5.02 Å². The first kappa shape index (κ1) is 19.6. The van der Waals surface area contributed by atoms with Gasteiger partial charge in [-0.1, -0.05) is 11.6 Å². The average Bonchev–Trinajstić information content (AvgIpc) is 3.05. The molecule has 1 aromatic heterocycles. The van der Waals surface area contributed by atoms with E-state index < -0.39 is 4.92 Å². The summed E-state index contributed by atoms with van der Waals surface area (Å²) in [5, 5.41) is 19.1. The number of amides is 3. The summed E-state index contributed by atoms with van der Waals surface area (Å²) in [6.45, 7) is 0.412. The van der Waals surface area contributed by atoms with Crippen LogP contribution in [-0.4, -0.2) is 28.4 Å². The summed E-state index contributed by atoms with van der Waals surface area (Å²) < 4.78 is 0. The van der Waals surface area contributed by atoms with Crippen molar-refractivity contribution >= 4 is 50.7 Å². The average molecular weight is 398 g/mol. The van der Waals surface area contributed by atoms with Crippen LogP contribution in [0.4, 0.5) is 20.6 Å². The molecule has 9 nitrogen and oxygen atoms in total. The Kier molecular flexibility index (Phi) is 7.30. The van der Waals surface area contributed by atoms with Crippen molar-refractivity contribution in [2.24, 2.45) is 0 Å². The lowest BCUT2D eigenvalue weighted by Crippen LogP contribution is -2.29. The fraction of sp³-hybridized carbons (Fsp3) is 0.267. The van der Waals surface area contributed by atoms with Gasteiger partial charge in [0.2, 0.25) is 5.91 Å². The normalized spacial score (nSPS) is 10.2. The fourth-order valence-electron chi connectivity index (χ4n) is 1.91. The van der Waals surface area contributed by atoms with Gasteiger partial charge < -0.3 is 16.0 Å². The van der Waals surface area contributed by atoms with Crippen LogP contribution >= 0.6 is 22.9 Å². The van der Waals surface area contributed by atoms with E-state index in [2.05, 4.69) is 20.9 Å². The molecule has 0 aliphatic carbocycles. The van der Waals surface area contributed by atoms with Gasteiger partial charge in [-0.05, 0) is 48.4 Å². The van der Waals surface area contributed by atoms with E-state index in [1.54, 1.807) is 24.3 Å². The summed E-state index contributed by atoms with van der Waals surface area (Å²) in [6, 6.07) is 6.39. The van der Waals surface area contributed by atoms with Crippen LogP contribution in [0.15, 0.2) is 30.5 Å². The number of urea groups is 1. The minimum absolute atomic E-state index is 0.129. The number of anilines is 2. The fourth-order valence-corrected chi connectivity index (χ4v) is 2.68. The zero-order valence-corrected chi connectivity index (χ0v) is 15.1. The maximum atomic E-state index is 11.7. The molecule has 0 aliphatic heterocycles. The predicted octanol–water partition coefficient (Wildman–Crippen LogP) is 3.64. The second kappa shape index (κ2) is 9.68. The third kappa shape index (κ3) is 6.65. The maximum absolute atomic E-state index is 11.7. The van der Waals surface area contributed by atoms with E-state index >= 15 is 0 Å². The molecule has 11 heteroatoms. The van der Waals surface area contributed by atoms with Gasteiger partial charge in [0, 0.05) is 23.7 Å². The van der Waals surface area contributed by atoms with E-state index in [4.69, 9.17) is 11.6 Å². The first-order chi connectivity index (χ1) is 12.4. The van der Waals surface area contributed by atoms with Gasteiger partial charge >= 0.3 is 11.0 Å². The highest BCUT2D eigenvalue weighted by Crippen LogP contribution is 2.25. The van der Waals surface area contributed by atoms with Crippen molar-refractivity contribution in [3.8, 4) is 0 Å². The molecule has 0 bridgehead atoms. The molecule has 0 fully saturated rings. The van der Waals surface area contributed by atoms with Gasteiger partial charge in [0.1, 0.15) is 6.20 Å². The minimum Gasteiger partial charge on any atom is -0.338 e. The van der Waals surface area contributed by atoms with Crippen molar-refractivity contribution in [1.82, 2.24) is 10.3 Å². The number of nitro groups is 1. The van der Waals surface area contributed by atoms with E-state index in [0.29, 0.717) is 30.1 Å². The second-order valence-corrected chi connectivity index (χ2v) is 6.60. The molecular formula is C15H16ClN5O4S. The van der Waals surface area contributed by atoms with Crippen LogP contribution in [-0.2, 0) is 4.79 Å². The lowest BCUT2D eigenvalue weighted by molar-refractivity contribution is -0.380. The summed E-state index contributed by atoms with van der Waals surface area (Å²) >= 11 is 6.57. The number of carbonyl (C=O) groups is 2. The molecule has 26 heavy (non-hydrogen) atoms. The SMILES string of the molecule is O=C(CCCCNC(=O)Nc1ccc(Cl)cc1)Nc1ncc([N+](=O)[O-])s1. The van der Waals surface area contributed by atoms with Gasteiger partial charge in [-0.2, -0.15) is 0 Å². The van der Waals surface area contributed by atoms with Crippen LogP contribution < -0.4 is 16.0 Å². The Balaban J connectivity index is 1.59. The highest BCUT2D eigenvalue weighted by molar-refractivity contribution is 7.18. The molecule has 1 aromatic carbocycles. The number of hydrogen-bond acceptors (Lipinski definition) is 6. The van der Waals surface area contributed by atoms with E-state index in [0.717, 1.165) is 17.5 Å². The third-order valence-corrected chi connectivity index (χ3v) is 4.25. The quantitative estimate of drug-likeness (QED) is 0.356. The number of unbranched alkanes of at least 4 members (excludes halogenated alkanes) is 1. The summed E-state index contributed by atoms with van der Waals surface area (Å²) in [5.41, 5.74) is 0.629. The van der Waals surface area contributed by atoms with Crippen molar-refractivity contribution < 1.29 is 14.5 Å². The van der Waals surface area contributed by atoms with Crippen LogP contribution in [0.25, 0.3) is 0 Å². The third-order valence-electron chi connectivity index (χ3n) is 3.14. The Labute approximate surface area is 157 Å². The Hall–Kier alpha value is -2.72. The molecule has 2 rings (SSSR count). The lowest BCUT2D eigenvalue weighted by atomic mass is 10.2.